The van der Waals surface area contributed by atoms with E-state index in [4.69, 9.17) is 39.5 Å². The Labute approximate surface area is 147 Å². The van der Waals surface area contributed by atoms with Crippen LogP contribution in [0.25, 0.3) is 11.4 Å². The molecule has 0 aliphatic rings. The molecular weight excluding hydrogens is 359 g/mol. The Balaban J connectivity index is 1.85. The largest absolute Gasteiger partial charge is 0.494 e. The van der Waals surface area contributed by atoms with Gasteiger partial charge in [-0.25, -0.2) is 0 Å². The molecule has 0 aliphatic heterocycles. The predicted molar refractivity (Wildman–Crippen MR) is 93.1 cm³/mol. The standard InChI is InChI=1S/C15H11Cl3N4O/c1-23-13-11(17)6-8(7-12(13)18)14-20-15(22-21-14)19-10-4-2-9(16)3-5-10/h2-7H,1H3,(H2,19,20,21,22). The SMILES string of the molecule is COc1c(Cl)cc(-c2nc(Nc3ccc(Cl)cc3)n[nH]2)cc1Cl. The van der Waals surface area contributed by atoms with E-state index in [0.717, 1.165) is 5.69 Å². The fraction of sp³-hybridized carbons (Fsp3) is 0.0667. The molecule has 0 amide bonds. The Morgan fingerprint density at radius 2 is 1.70 bits per heavy atom. The van der Waals surface area contributed by atoms with Crippen LogP contribution in [0.5, 0.6) is 5.75 Å². The van der Waals surface area contributed by atoms with Gasteiger partial charge in [0.15, 0.2) is 11.6 Å². The van der Waals surface area contributed by atoms with Crippen LogP contribution in [0.1, 0.15) is 0 Å². The minimum atomic E-state index is 0.401. The number of hydrogen-bond donors (Lipinski definition) is 2. The number of nitrogens with one attached hydrogen (secondary N) is 2. The zero-order valence-corrected chi connectivity index (χ0v) is 14.2. The third-order valence-corrected chi connectivity index (χ3v) is 3.88. The lowest BCUT2D eigenvalue weighted by Crippen LogP contribution is -1.92. The van der Waals surface area contributed by atoms with Gasteiger partial charge in [-0.1, -0.05) is 34.8 Å². The maximum absolute atomic E-state index is 6.14. The second-order valence-corrected chi connectivity index (χ2v) is 5.86. The first kappa shape index (κ1) is 15.9. The number of nitrogens with zero attached hydrogens (tertiary/aromatic N) is 2. The van der Waals surface area contributed by atoms with Crippen molar-refractivity contribution in [1.29, 1.82) is 0 Å². The molecule has 3 aromatic rings. The summed E-state index contributed by atoms with van der Waals surface area (Å²) >= 11 is 18.1. The molecule has 5 nitrogen and oxygen atoms in total. The highest BCUT2D eigenvalue weighted by Gasteiger charge is 2.12. The van der Waals surface area contributed by atoms with Gasteiger partial charge < -0.3 is 10.1 Å². The van der Waals surface area contributed by atoms with Gasteiger partial charge in [0, 0.05) is 16.3 Å². The lowest BCUT2D eigenvalue weighted by atomic mass is 10.2. The second-order valence-electron chi connectivity index (χ2n) is 4.61. The average Bonchev–Trinajstić information content (AvgIpc) is 2.98. The van der Waals surface area contributed by atoms with Crippen LogP contribution >= 0.6 is 34.8 Å². The number of H-pyrrole nitrogens is 1. The number of hydrogen-bond acceptors (Lipinski definition) is 4. The Kier molecular flexibility index (Phi) is 4.61. The van der Waals surface area contributed by atoms with Crippen molar-refractivity contribution in [2.75, 3.05) is 12.4 Å². The summed E-state index contributed by atoms with van der Waals surface area (Å²) in [7, 11) is 1.51. The van der Waals surface area contributed by atoms with Crippen molar-refractivity contribution >= 4 is 46.4 Å². The second kappa shape index (κ2) is 6.66. The molecule has 8 heteroatoms. The lowest BCUT2D eigenvalue weighted by molar-refractivity contribution is 0.415. The van der Waals surface area contributed by atoms with Crippen LogP contribution in [-0.4, -0.2) is 22.3 Å². The molecule has 2 N–H and O–H groups in total. The molecule has 0 aliphatic carbocycles. The van der Waals surface area contributed by atoms with E-state index in [2.05, 4.69) is 20.5 Å². The molecule has 0 radical (unpaired) electrons. The van der Waals surface area contributed by atoms with E-state index in [1.165, 1.54) is 7.11 Å². The van der Waals surface area contributed by atoms with Gasteiger partial charge in [-0.3, -0.25) is 5.10 Å². The zero-order chi connectivity index (χ0) is 16.4. The van der Waals surface area contributed by atoms with Crippen molar-refractivity contribution in [2.45, 2.75) is 0 Å². The van der Waals surface area contributed by atoms with Gasteiger partial charge in [-0.15, -0.1) is 5.10 Å². The molecule has 1 heterocycles. The number of aromatic amines is 1. The maximum atomic E-state index is 6.14. The summed E-state index contributed by atoms with van der Waals surface area (Å²) in [4.78, 5) is 4.37. The lowest BCUT2D eigenvalue weighted by Gasteiger charge is -2.06. The zero-order valence-electron chi connectivity index (χ0n) is 11.9. The van der Waals surface area contributed by atoms with Crippen LogP contribution in [0.3, 0.4) is 0 Å². The van der Waals surface area contributed by atoms with E-state index in [9.17, 15) is 0 Å². The summed E-state index contributed by atoms with van der Waals surface area (Å²) in [6.07, 6.45) is 0. The highest BCUT2D eigenvalue weighted by atomic mass is 35.5. The van der Waals surface area contributed by atoms with Crippen LogP contribution in [0.4, 0.5) is 11.6 Å². The highest BCUT2D eigenvalue weighted by Crippen LogP contribution is 2.36. The number of benzene rings is 2. The number of rotatable bonds is 4. The van der Waals surface area contributed by atoms with Crippen molar-refractivity contribution in [3.8, 4) is 17.1 Å². The molecule has 0 saturated carbocycles. The van der Waals surface area contributed by atoms with Crippen LogP contribution in [0, 0.1) is 0 Å². The van der Waals surface area contributed by atoms with Gasteiger partial charge in [0.1, 0.15) is 0 Å². The van der Waals surface area contributed by atoms with Gasteiger partial charge in [0.05, 0.1) is 17.2 Å². The van der Waals surface area contributed by atoms with E-state index in [-0.39, 0.29) is 0 Å². The molecule has 0 bridgehead atoms. The van der Waals surface area contributed by atoms with E-state index in [0.29, 0.717) is 38.2 Å². The minimum absolute atomic E-state index is 0.401. The quantitative estimate of drug-likeness (QED) is 0.665. The van der Waals surface area contributed by atoms with E-state index in [1.807, 2.05) is 12.1 Å². The van der Waals surface area contributed by atoms with Crippen LogP contribution in [0.15, 0.2) is 36.4 Å². The van der Waals surface area contributed by atoms with Crippen molar-refractivity contribution in [3.05, 3.63) is 51.5 Å². The van der Waals surface area contributed by atoms with Crippen molar-refractivity contribution in [3.63, 3.8) is 0 Å². The Hall–Kier alpha value is -1.95. The first-order chi connectivity index (χ1) is 11.1. The Bertz CT molecular complexity index is 810. The summed E-state index contributed by atoms with van der Waals surface area (Å²) in [6.45, 7) is 0. The Morgan fingerprint density at radius 1 is 1.04 bits per heavy atom. The van der Waals surface area contributed by atoms with Crippen LogP contribution in [-0.2, 0) is 0 Å². The fourth-order valence-electron chi connectivity index (χ4n) is 2.00. The van der Waals surface area contributed by atoms with E-state index in [1.54, 1.807) is 24.3 Å². The molecule has 3 rings (SSSR count). The molecule has 0 fully saturated rings. The smallest absolute Gasteiger partial charge is 0.246 e. The highest BCUT2D eigenvalue weighted by molar-refractivity contribution is 6.37. The van der Waals surface area contributed by atoms with Gasteiger partial charge >= 0.3 is 0 Å². The van der Waals surface area contributed by atoms with Crippen molar-refractivity contribution in [2.24, 2.45) is 0 Å². The van der Waals surface area contributed by atoms with Gasteiger partial charge in [0.2, 0.25) is 5.95 Å². The summed E-state index contributed by atoms with van der Waals surface area (Å²) in [6, 6.07) is 10.6. The third-order valence-electron chi connectivity index (χ3n) is 3.06. The number of anilines is 2. The molecule has 1 aromatic heterocycles. The summed E-state index contributed by atoms with van der Waals surface area (Å²) in [5.74, 6) is 1.38. The van der Waals surface area contributed by atoms with Crippen LogP contribution in [0.2, 0.25) is 15.1 Å². The maximum Gasteiger partial charge on any atom is 0.246 e. The first-order valence-electron chi connectivity index (χ1n) is 6.55. The summed E-state index contributed by atoms with van der Waals surface area (Å²) in [5.41, 5.74) is 1.53. The van der Waals surface area contributed by atoms with E-state index >= 15 is 0 Å². The third kappa shape index (κ3) is 3.52. The molecule has 0 spiro atoms. The molecular formula is C15H11Cl3N4O. The summed E-state index contributed by atoms with van der Waals surface area (Å²) in [5, 5.41) is 11.5. The molecule has 118 valence electrons. The molecule has 23 heavy (non-hydrogen) atoms. The minimum Gasteiger partial charge on any atom is -0.494 e. The monoisotopic (exact) mass is 368 g/mol. The number of methoxy groups -OCH3 is 1. The molecule has 0 atom stereocenters. The van der Waals surface area contributed by atoms with Gasteiger partial charge in [-0.2, -0.15) is 4.98 Å². The molecule has 2 aromatic carbocycles. The van der Waals surface area contributed by atoms with E-state index < -0.39 is 0 Å². The average molecular weight is 370 g/mol. The Morgan fingerprint density at radius 3 is 2.30 bits per heavy atom. The first-order valence-corrected chi connectivity index (χ1v) is 7.68. The topological polar surface area (TPSA) is 62.8 Å². The predicted octanol–water partition coefficient (Wildman–Crippen LogP) is 5.18. The number of ether oxygens (including phenoxy) is 1. The molecule has 0 saturated heterocycles. The van der Waals surface area contributed by atoms with Crippen molar-refractivity contribution in [1.82, 2.24) is 15.2 Å². The van der Waals surface area contributed by atoms with Gasteiger partial charge in [-0.05, 0) is 36.4 Å². The number of aromatic nitrogens is 3. The number of halogens is 3. The fourth-order valence-corrected chi connectivity index (χ4v) is 2.77. The van der Waals surface area contributed by atoms with Crippen molar-refractivity contribution < 1.29 is 4.74 Å². The normalized spacial score (nSPS) is 10.6. The molecule has 0 unspecified atom stereocenters. The van der Waals surface area contributed by atoms with Crippen LogP contribution < -0.4 is 10.1 Å². The summed E-state index contributed by atoms with van der Waals surface area (Å²) < 4.78 is 5.13. The van der Waals surface area contributed by atoms with Gasteiger partial charge in [0.25, 0.3) is 0 Å².